The molecule has 0 bridgehead atoms. The van der Waals surface area contributed by atoms with Crippen molar-refractivity contribution in [2.24, 2.45) is 0 Å². The van der Waals surface area contributed by atoms with Gasteiger partial charge in [-0.15, -0.1) is 0 Å². The number of nitrogens with one attached hydrogen (secondary N) is 1. The Morgan fingerprint density at radius 1 is 1.17 bits per heavy atom. The molecule has 2 aromatic carbocycles. The summed E-state index contributed by atoms with van der Waals surface area (Å²) in [5, 5.41) is 6.99. The molecule has 2 amide bonds. The summed E-state index contributed by atoms with van der Waals surface area (Å²) in [7, 11) is 0. The van der Waals surface area contributed by atoms with Crippen LogP contribution in [0.2, 0.25) is 0 Å². The average Bonchev–Trinajstić information content (AvgIpc) is 3.25. The number of nitrogens with zero attached hydrogens (tertiary/aromatic N) is 3. The van der Waals surface area contributed by atoms with Crippen LogP contribution in [0.25, 0.3) is 11.4 Å². The number of hydrogen-bond donors (Lipinski definition) is 1. The Balaban J connectivity index is 1.40. The number of amides is 2. The van der Waals surface area contributed by atoms with Crippen molar-refractivity contribution in [3.63, 3.8) is 0 Å². The summed E-state index contributed by atoms with van der Waals surface area (Å²) < 4.78 is 18.6. The van der Waals surface area contributed by atoms with E-state index in [1.54, 1.807) is 17.0 Å². The molecule has 156 valence electrons. The molecule has 1 aliphatic heterocycles. The number of aromatic nitrogens is 2. The van der Waals surface area contributed by atoms with Gasteiger partial charge in [0, 0.05) is 24.3 Å². The standard InChI is InChI=1S/C23H25FN4O2/c1-15(2)16-7-11-20(12-8-16)25-23(29)28-13-3-4-18(14-28)22-26-21(27-30-22)17-5-9-19(24)10-6-17/h5-12,15,18H,3-4,13-14H2,1-2H3,(H,25,29)/t18-/m0/s1. The predicted molar refractivity (Wildman–Crippen MR) is 113 cm³/mol. The Morgan fingerprint density at radius 2 is 1.90 bits per heavy atom. The third-order valence-corrected chi connectivity index (χ3v) is 5.43. The number of rotatable bonds is 4. The number of piperidine rings is 1. The summed E-state index contributed by atoms with van der Waals surface area (Å²) >= 11 is 0. The van der Waals surface area contributed by atoms with Gasteiger partial charge in [-0.3, -0.25) is 0 Å². The van der Waals surface area contributed by atoms with Crippen molar-refractivity contribution in [2.75, 3.05) is 18.4 Å². The lowest BCUT2D eigenvalue weighted by molar-refractivity contribution is 0.184. The van der Waals surface area contributed by atoms with Crippen LogP contribution < -0.4 is 5.32 Å². The molecular formula is C23H25FN4O2. The van der Waals surface area contributed by atoms with Crippen LogP contribution in [0.15, 0.2) is 53.1 Å². The number of likely N-dealkylation sites (tertiary alicyclic amines) is 1. The molecule has 1 saturated heterocycles. The maximum absolute atomic E-state index is 13.1. The lowest BCUT2D eigenvalue weighted by atomic mass is 9.98. The zero-order chi connectivity index (χ0) is 21.1. The first kappa shape index (κ1) is 20.1. The van der Waals surface area contributed by atoms with Crippen molar-refractivity contribution in [2.45, 2.75) is 38.5 Å². The molecule has 1 fully saturated rings. The van der Waals surface area contributed by atoms with Crippen LogP contribution in [0.3, 0.4) is 0 Å². The second kappa shape index (κ2) is 8.65. The van der Waals surface area contributed by atoms with Gasteiger partial charge in [0.2, 0.25) is 11.7 Å². The Bertz CT molecular complexity index is 999. The number of halogens is 1. The highest BCUT2D eigenvalue weighted by Crippen LogP contribution is 2.28. The van der Waals surface area contributed by atoms with Gasteiger partial charge in [0.25, 0.3) is 0 Å². The number of hydrogen-bond acceptors (Lipinski definition) is 4. The molecule has 4 rings (SSSR count). The molecule has 3 aromatic rings. The predicted octanol–water partition coefficient (Wildman–Crippen LogP) is 5.41. The van der Waals surface area contributed by atoms with Crippen molar-refractivity contribution >= 4 is 11.7 Å². The lowest BCUT2D eigenvalue weighted by Gasteiger charge is -2.31. The fourth-order valence-electron chi connectivity index (χ4n) is 3.63. The van der Waals surface area contributed by atoms with Crippen molar-refractivity contribution in [3.8, 4) is 11.4 Å². The van der Waals surface area contributed by atoms with Crippen LogP contribution >= 0.6 is 0 Å². The normalized spacial score (nSPS) is 16.7. The second-order valence-corrected chi connectivity index (χ2v) is 7.96. The third kappa shape index (κ3) is 4.50. The van der Waals surface area contributed by atoms with Gasteiger partial charge < -0.3 is 14.7 Å². The molecule has 0 unspecified atom stereocenters. The SMILES string of the molecule is CC(C)c1ccc(NC(=O)N2CCC[C@H](c3nc(-c4ccc(F)cc4)no3)C2)cc1. The molecule has 1 N–H and O–H groups in total. The van der Waals surface area contributed by atoms with E-state index < -0.39 is 0 Å². The molecule has 0 spiro atoms. The summed E-state index contributed by atoms with van der Waals surface area (Å²) in [4.78, 5) is 19.0. The first-order valence-corrected chi connectivity index (χ1v) is 10.2. The van der Waals surface area contributed by atoms with E-state index in [0.29, 0.717) is 36.3 Å². The van der Waals surface area contributed by atoms with Gasteiger partial charge in [0.15, 0.2) is 0 Å². The Hall–Kier alpha value is -3.22. The largest absolute Gasteiger partial charge is 0.339 e. The summed E-state index contributed by atoms with van der Waals surface area (Å²) in [5.74, 6) is 1.06. The number of benzene rings is 2. The van der Waals surface area contributed by atoms with Crippen molar-refractivity contribution in [1.82, 2.24) is 15.0 Å². The van der Waals surface area contributed by atoms with E-state index in [1.807, 2.05) is 24.3 Å². The van der Waals surface area contributed by atoms with Crippen LogP contribution in [0.4, 0.5) is 14.9 Å². The highest BCUT2D eigenvalue weighted by molar-refractivity contribution is 5.89. The molecular weight excluding hydrogens is 383 g/mol. The number of anilines is 1. The van der Waals surface area contributed by atoms with Crippen LogP contribution in [-0.4, -0.2) is 34.2 Å². The quantitative estimate of drug-likeness (QED) is 0.626. The van der Waals surface area contributed by atoms with E-state index in [9.17, 15) is 9.18 Å². The highest BCUT2D eigenvalue weighted by atomic mass is 19.1. The minimum absolute atomic E-state index is 0.0190. The molecule has 1 aliphatic rings. The number of carbonyl (C=O) groups is 1. The molecule has 7 heteroatoms. The van der Waals surface area contributed by atoms with E-state index in [1.165, 1.54) is 17.7 Å². The smallest absolute Gasteiger partial charge is 0.321 e. The average molecular weight is 408 g/mol. The van der Waals surface area contributed by atoms with Gasteiger partial charge in [-0.1, -0.05) is 31.1 Å². The van der Waals surface area contributed by atoms with Gasteiger partial charge in [0.1, 0.15) is 5.82 Å². The van der Waals surface area contributed by atoms with Crippen molar-refractivity contribution in [3.05, 3.63) is 65.8 Å². The molecule has 30 heavy (non-hydrogen) atoms. The van der Waals surface area contributed by atoms with Crippen LogP contribution in [0.1, 0.15) is 50.0 Å². The maximum atomic E-state index is 13.1. The fourth-order valence-corrected chi connectivity index (χ4v) is 3.63. The minimum Gasteiger partial charge on any atom is -0.339 e. The van der Waals surface area contributed by atoms with Gasteiger partial charge >= 0.3 is 6.03 Å². The topological polar surface area (TPSA) is 71.3 Å². The van der Waals surface area contributed by atoms with E-state index in [4.69, 9.17) is 4.52 Å². The molecule has 0 radical (unpaired) electrons. The Kier molecular flexibility index (Phi) is 5.79. The summed E-state index contributed by atoms with van der Waals surface area (Å²) in [5.41, 5.74) is 2.71. The third-order valence-electron chi connectivity index (χ3n) is 5.43. The molecule has 6 nitrogen and oxygen atoms in total. The van der Waals surface area contributed by atoms with Gasteiger partial charge in [-0.2, -0.15) is 4.98 Å². The maximum Gasteiger partial charge on any atom is 0.321 e. The van der Waals surface area contributed by atoms with Crippen molar-refractivity contribution < 1.29 is 13.7 Å². The Morgan fingerprint density at radius 3 is 2.60 bits per heavy atom. The molecule has 0 aliphatic carbocycles. The minimum atomic E-state index is -0.310. The summed E-state index contributed by atoms with van der Waals surface area (Å²) in [6.45, 7) is 5.48. The zero-order valence-electron chi connectivity index (χ0n) is 17.1. The molecule has 0 saturated carbocycles. The van der Waals surface area contributed by atoms with Crippen LogP contribution in [0, 0.1) is 5.82 Å². The number of urea groups is 1. The van der Waals surface area contributed by atoms with Gasteiger partial charge in [-0.05, 0) is 60.7 Å². The lowest BCUT2D eigenvalue weighted by Crippen LogP contribution is -2.41. The first-order valence-electron chi connectivity index (χ1n) is 10.2. The van der Waals surface area contributed by atoms with Crippen LogP contribution in [-0.2, 0) is 0 Å². The monoisotopic (exact) mass is 408 g/mol. The summed E-state index contributed by atoms with van der Waals surface area (Å²) in [6, 6.07) is 13.8. The fraction of sp³-hybridized carbons (Fsp3) is 0.348. The van der Waals surface area contributed by atoms with Crippen LogP contribution in [0.5, 0.6) is 0 Å². The van der Waals surface area contributed by atoms with Gasteiger partial charge in [0.05, 0.1) is 5.92 Å². The zero-order valence-corrected chi connectivity index (χ0v) is 17.1. The van der Waals surface area contributed by atoms with E-state index in [0.717, 1.165) is 18.5 Å². The highest BCUT2D eigenvalue weighted by Gasteiger charge is 2.28. The van der Waals surface area contributed by atoms with E-state index >= 15 is 0 Å². The Labute approximate surface area is 175 Å². The number of carbonyl (C=O) groups excluding carboxylic acids is 1. The molecule has 1 aromatic heterocycles. The molecule has 1 atom stereocenters. The van der Waals surface area contributed by atoms with E-state index in [-0.39, 0.29) is 17.8 Å². The summed E-state index contributed by atoms with van der Waals surface area (Å²) in [6.07, 6.45) is 1.73. The van der Waals surface area contributed by atoms with Crippen molar-refractivity contribution in [1.29, 1.82) is 0 Å². The molecule has 2 heterocycles. The van der Waals surface area contributed by atoms with E-state index in [2.05, 4.69) is 29.3 Å². The first-order chi connectivity index (χ1) is 14.5. The second-order valence-electron chi connectivity index (χ2n) is 7.96. The van der Waals surface area contributed by atoms with Gasteiger partial charge in [-0.25, -0.2) is 9.18 Å².